The van der Waals surface area contributed by atoms with Crippen LogP contribution < -0.4 is 11.1 Å². The highest BCUT2D eigenvalue weighted by Crippen LogP contribution is 2.28. The lowest BCUT2D eigenvalue weighted by molar-refractivity contribution is 0.0944. The second-order valence-corrected chi connectivity index (χ2v) is 7.26. The third-order valence-electron chi connectivity index (χ3n) is 3.12. The van der Waals surface area contributed by atoms with Gasteiger partial charge in [0.2, 0.25) is 0 Å². The predicted octanol–water partition coefficient (Wildman–Crippen LogP) is 3.74. The molecular weight excluding hydrogens is 302 g/mol. The average Bonchev–Trinajstić information content (AvgIpc) is 3.04. The van der Waals surface area contributed by atoms with Crippen LogP contribution in [0.25, 0.3) is 10.1 Å². The summed E-state index contributed by atoms with van der Waals surface area (Å²) in [6.45, 7) is 3.95. The number of rotatable bonds is 3. The van der Waals surface area contributed by atoms with Crippen molar-refractivity contribution in [1.29, 1.82) is 0 Å². The number of amides is 1. The van der Waals surface area contributed by atoms with Crippen LogP contribution in [0.5, 0.6) is 0 Å². The maximum absolute atomic E-state index is 12.3. The molecule has 0 saturated heterocycles. The van der Waals surface area contributed by atoms with Crippen molar-refractivity contribution in [1.82, 2.24) is 10.3 Å². The summed E-state index contributed by atoms with van der Waals surface area (Å²) in [6, 6.07) is 7.47. The minimum absolute atomic E-state index is 0.0740. The first-order valence-electron chi connectivity index (χ1n) is 6.55. The van der Waals surface area contributed by atoms with Crippen molar-refractivity contribution in [2.24, 2.45) is 0 Å². The largest absolute Gasteiger partial charge is 0.399 e. The van der Waals surface area contributed by atoms with Gasteiger partial charge in [0.05, 0.1) is 10.9 Å². The lowest BCUT2D eigenvalue weighted by atomic mass is 10.2. The highest BCUT2D eigenvalue weighted by molar-refractivity contribution is 7.20. The summed E-state index contributed by atoms with van der Waals surface area (Å²) in [5.74, 6) is -0.0740. The molecule has 2 aromatic heterocycles. The molecule has 0 saturated carbocycles. The minimum Gasteiger partial charge on any atom is -0.399 e. The number of anilines is 1. The number of hydrogen-bond acceptors (Lipinski definition) is 5. The van der Waals surface area contributed by atoms with E-state index in [1.165, 1.54) is 11.3 Å². The summed E-state index contributed by atoms with van der Waals surface area (Å²) in [6.07, 6.45) is 1.82. The Bertz CT molecular complexity index is 806. The zero-order valence-corrected chi connectivity index (χ0v) is 13.3. The number of aryl methyl sites for hydroxylation is 1. The summed E-state index contributed by atoms with van der Waals surface area (Å²) in [4.78, 5) is 18.5. The minimum atomic E-state index is -0.0912. The van der Waals surface area contributed by atoms with E-state index < -0.39 is 0 Å². The Morgan fingerprint density at radius 3 is 2.86 bits per heavy atom. The van der Waals surface area contributed by atoms with Crippen molar-refractivity contribution >= 4 is 44.4 Å². The van der Waals surface area contributed by atoms with E-state index in [2.05, 4.69) is 10.3 Å². The van der Waals surface area contributed by atoms with Gasteiger partial charge in [-0.2, -0.15) is 0 Å². The van der Waals surface area contributed by atoms with Crippen LogP contribution in [-0.4, -0.2) is 10.9 Å². The van der Waals surface area contributed by atoms with Crippen LogP contribution in [0, 0.1) is 6.92 Å². The van der Waals surface area contributed by atoms with Crippen LogP contribution in [0.1, 0.15) is 32.5 Å². The quantitative estimate of drug-likeness (QED) is 0.723. The van der Waals surface area contributed by atoms with Gasteiger partial charge in [0.15, 0.2) is 0 Å². The Labute approximate surface area is 130 Å². The molecule has 1 aromatic carbocycles. The van der Waals surface area contributed by atoms with Gasteiger partial charge in [-0.3, -0.25) is 4.79 Å². The number of carbonyl (C=O) groups excluding carboxylic acids is 1. The fourth-order valence-corrected chi connectivity index (χ4v) is 3.80. The number of thiophene rings is 1. The summed E-state index contributed by atoms with van der Waals surface area (Å²) < 4.78 is 1.06. The van der Waals surface area contributed by atoms with E-state index >= 15 is 0 Å². The van der Waals surface area contributed by atoms with Crippen LogP contribution in [0.2, 0.25) is 0 Å². The molecule has 1 unspecified atom stereocenters. The Morgan fingerprint density at radius 1 is 1.33 bits per heavy atom. The number of nitrogens with zero attached hydrogens (tertiary/aromatic N) is 1. The molecule has 1 amide bonds. The van der Waals surface area contributed by atoms with Gasteiger partial charge in [-0.1, -0.05) is 0 Å². The molecule has 0 bridgehead atoms. The van der Waals surface area contributed by atoms with E-state index in [4.69, 9.17) is 5.73 Å². The van der Waals surface area contributed by atoms with Gasteiger partial charge in [-0.25, -0.2) is 4.98 Å². The average molecular weight is 317 g/mol. The number of nitrogens with two attached hydrogens (primary N) is 1. The van der Waals surface area contributed by atoms with E-state index in [0.29, 0.717) is 10.6 Å². The lowest BCUT2D eigenvalue weighted by Gasteiger charge is -2.09. The number of fused-ring (bicyclic) bond motifs is 1. The first-order valence-corrected chi connectivity index (χ1v) is 8.18. The summed E-state index contributed by atoms with van der Waals surface area (Å²) in [7, 11) is 0. The molecule has 6 heteroatoms. The normalized spacial score (nSPS) is 12.5. The molecule has 0 radical (unpaired) electrons. The molecule has 3 N–H and O–H groups in total. The Morgan fingerprint density at radius 2 is 2.14 bits per heavy atom. The number of nitrogen functional groups attached to an aromatic ring is 1. The van der Waals surface area contributed by atoms with E-state index in [1.54, 1.807) is 11.3 Å². The Balaban J connectivity index is 1.80. The zero-order valence-electron chi connectivity index (χ0n) is 11.7. The molecule has 0 fully saturated rings. The van der Waals surface area contributed by atoms with Gasteiger partial charge in [-0.15, -0.1) is 22.7 Å². The molecule has 2 heterocycles. The van der Waals surface area contributed by atoms with Crippen LogP contribution >= 0.6 is 22.7 Å². The lowest BCUT2D eigenvalue weighted by Crippen LogP contribution is -2.25. The second kappa shape index (κ2) is 5.46. The summed E-state index contributed by atoms with van der Waals surface area (Å²) >= 11 is 3.07. The number of nitrogens with one attached hydrogen (secondary N) is 1. The SMILES string of the molecule is Cc1cnc(C(C)NC(=O)c2cc3cc(N)ccc3s2)s1. The van der Waals surface area contributed by atoms with E-state index in [-0.39, 0.29) is 11.9 Å². The third kappa shape index (κ3) is 2.91. The molecular formula is C15H15N3OS2. The number of aromatic nitrogens is 1. The predicted molar refractivity (Wildman–Crippen MR) is 89.0 cm³/mol. The van der Waals surface area contributed by atoms with Crippen molar-refractivity contribution in [3.63, 3.8) is 0 Å². The fraction of sp³-hybridized carbons (Fsp3) is 0.200. The standard InChI is InChI=1S/C15H15N3OS2/c1-8-7-17-15(20-8)9(2)18-14(19)13-6-10-5-11(16)3-4-12(10)21-13/h3-7,9H,16H2,1-2H3,(H,18,19). The fourth-order valence-electron chi connectivity index (χ4n) is 2.08. The molecule has 0 aliphatic rings. The van der Waals surface area contributed by atoms with Crippen LogP contribution in [0.3, 0.4) is 0 Å². The van der Waals surface area contributed by atoms with Crippen molar-refractivity contribution in [3.05, 3.63) is 45.2 Å². The maximum atomic E-state index is 12.3. The molecule has 1 atom stereocenters. The zero-order chi connectivity index (χ0) is 15.0. The summed E-state index contributed by atoms with van der Waals surface area (Å²) in [5, 5.41) is 4.91. The Hall–Kier alpha value is -1.92. The van der Waals surface area contributed by atoms with Crippen molar-refractivity contribution < 1.29 is 4.79 Å². The molecule has 0 spiro atoms. The first kappa shape index (κ1) is 14.0. The number of thiazole rings is 1. The van der Waals surface area contributed by atoms with Crippen LogP contribution in [0.4, 0.5) is 5.69 Å². The van der Waals surface area contributed by atoms with Gasteiger partial charge in [-0.05, 0) is 43.5 Å². The summed E-state index contributed by atoms with van der Waals surface area (Å²) in [5.41, 5.74) is 6.47. The van der Waals surface area contributed by atoms with Crippen molar-refractivity contribution in [2.75, 3.05) is 5.73 Å². The Kier molecular flexibility index (Phi) is 3.65. The molecule has 0 aliphatic carbocycles. The van der Waals surface area contributed by atoms with Crippen LogP contribution in [-0.2, 0) is 0 Å². The molecule has 21 heavy (non-hydrogen) atoms. The van der Waals surface area contributed by atoms with Gasteiger partial charge >= 0.3 is 0 Å². The smallest absolute Gasteiger partial charge is 0.261 e. The first-order chi connectivity index (χ1) is 10.0. The molecule has 3 rings (SSSR count). The molecule has 4 nitrogen and oxygen atoms in total. The molecule has 3 aromatic rings. The molecule has 0 aliphatic heterocycles. The van der Waals surface area contributed by atoms with Crippen LogP contribution in [0.15, 0.2) is 30.5 Å². The second-order valence-electron chi connectivity index (χ2n) is 4.91. The monoisotopic (exact) mass is 317 g/mol. The van der Waals surface area contributed by atoms with Crippen molar-refractivity contribution in [3.8, 4) is 0 Å². The third-order valence-corrected chi connectivity index (χ3v) is 5.33. The van der Waals surface area contributed by atoms with Gasteiger partial charge in [0.25, 0.3) is 5.91 Å². The van der Waals surface area contributed by atoms with E-state index in [9.17, 15) is 4.79 Å². The number of hydrogen-bond donors (Lipinski definition) is 2. The van der Waals surface area contributed by atoms with Crippen molar-refractivity contribution in [2.45, 2.75) is 19.9 Å². The van der Waals surface area contributed by atoms with Gasteiger partial charge < -0.3 is 11.1 Å². The number of carbonyl (C=O) groups is 1. The highest BCUT2D eigenvalue weighted by Gasteiger charge is 2.16. The maximum Gasteiger partial charge on any atom is 0.261 e. The topological polar surface area (TPSA) is 68.0 Å². The van der Waals surface area contributed by atoms with Gasteiger partial charge in [0.1, 0.15) is 5.01 Å². The molecule has 108 valence electrons. The highest BCUT2D eigenvalue weighted by atomic mass is 32.1. The number of benzene rings is 1. The van der Waals surface area contributed by atoms with E-state index in [0.717, 1.165) is 20.0 Å². The van der Waals surface area contributed by atoms with E-state index in [1.807, 2.05) is 44.3 Å². The van der Waals surface area contributed by atoms with Gasteiger partial charge in [0, 0.05) is 21.5 Å².